The minimum Gasteiger partial charge on any atom is -0.437 e. The first kappa shape index (κ1) is 12.4. The van der Waals surface area contributed by atoms with Crippen molar-refractivity contribution in [1.82, 2.24) is 20.2 Å². The first-order valence-electron chi connectivity index (χ1n) is 5.44. The number of nitrogens with zero attached hydrogens (tertiary/aromatic N) is 3. The van der Waals surface area contributed by atoms with Crippen molar-refractivity contribution in [2.75, 3.05) is 0 Å². The van der Waals surface area contributed by atoms with Gasteiger partial charge in [0.1, 0.15) is 11.1 Å². The standard InChI is InChI=1S/C12H8BrClN4O/c1-6-2-3-9(8(13)4-6)19-11-7-5-15-18-10(7)16-12(14)17-11/h2-5H,1H3,(H,15,16,17,18). The Hall–Kier alpha value is -1.66. The SMILES string of the molecule is Cc1ccc(Oc2nc(Cl)nc3[nH]ncc23)c(Br)c1. The molecule has 0 saturated heterocycles. The van der Waals surface area contributed by atoms with Crippen molar-refractivity contribution >= 4 is 38.6 Å². The zero-order chi connectivity index (χ0) is 13.4. The number of ether oxygens (including phenoxy) is 1. The van der Waals surface area contributed by atoms with Gasteiger partial charge >= 0.3 is 0 Å². The molecule has 0 amide bonds. The fourth-order valence-electron chi connectivity index (χ4n) is 1.65. The first-order chi connectivity index (χ1) is 9.13. The molecule has 0 saturated carbocycles. The van der Waals surface area contributed by atoms with Gasteiger partial charge in [-0.1, -0.05) is 6.07 Å². The van der Waals surface area contributed by atoms with E-state index in [2.05, 4.69) is 36.1 Å². The van der Waals surface area contributed by atoms with E-state index in [0.29, 0.717) is 22.7 Å². The lowest BCUT2D eigenvalue weighted by molar-refractivity contribution is 0.465. The highest BCUT2D eigenvalue weighted by Crippen LogP contribution is 2.32. The molecule has 0 radical (unpaired) electrons. The van der Waals surface area contributed by atoms with Crippen molar-refractivity contribution < 1.29 is 4.74 Å². The predicted octanol–water partition coefficient (Wildman–Crippen LogP) is 3.87. The summed E-state index contributed by atoms with van der Waals surface area (Å²) in [7, 11) is 0. The van der Waals surface area contributed by atoms with Crippen LogP contribution in [0.3, 0.4) is 0 Å². The minimum atomic E-state index is 0.106. The second kappa shape index (κ2) is 4.79. The van der Waals surface area contributed by atoms with Crippen LogP contribution in [-0.2, 0) is 0 Å². The number of hydrogen-bond donors (Lipinski definition) is 1. The lowest BCUT2D eigenvalue weighted by Crippen LogP contribution is -1.93. The largest absolute Gasteiger partial charge is 0.437 e. The van der Waals surface area contributed by atoms with Crippen LogP contribution in [0.15, 0.2) is 28.9 Å². The number of aryl methyl sites for hydroxylation is 1. The van der Waals surface area contributed by atoms with E-state index in [-0.39, 0.29) is 5.28 Å². The summed E-state index contributed by atoms with van der Waals surface area (Å²) < 4.78 is 6.62. The lowest BCUT2D eigenvalue weighted by Gasteiger charge is -2.08. The van der Waals surface area contributed by atoms with Crippen LogP contribution in [-0.4, -0.2) is 20.2 Å². The van der Waals surface area contributed by atoms with Crippen molar-refractivity contribution in [3.63, 3.8) is 0 Å². The maximum Gasteiger partial charge on any atom is 0.234 e. The fourth-order valence-corrected chi connectivity index (χ4v) is 2.39. The van der Waals surface area contributed by atoms with E-state index in [0.717, 1.165) is 10.0 Å². The molecule has 0 aliphatic carbocycles. The van der Waals surface area contributed by atoms with Crippen LogP contribution in [0.2, 0.25) is 5.28 Å². The highest BCUT2D eigenvalue weighted by molar-refractivity contribution is 9.10. The number of aromatic amines is 1. The number of nitrogens with one attached hydrogen (secondary N) is 1. The van der Waals surface area contributed by atoms with Crippen molar-refractivity contribution in [2.45, 2.75) is 6.92 Å². The van der Waals surface area contributed by atoms with Gasteiger partial charge in [0.25, 0.3) is 0 Å². The van der Waals surface area contributed by atoms with Gasteiger partial charge < -0.3 is 4.74 Å². The highest BCUT2D eigenvalue weighted by atomic mass is 79.9. The summed E-state index contributed by atoms with van der Waals surface area (Å²) in [4.78, 5) is 8.10. The van der Waals surface area contributed by atoms with E-state index in [1.807, 2.05) is 25.1 Å². The molecule has 0 spiro atoms. The summed E-state index contributed by atoms with van der Waals surface area (Å²) in [5.41, 5.74) is 1.67. The Labute approximate surface area is 122 Å². The molecule has 0 bridgehead atoms. The zero-order valence-corrected chi connectivity index (χ0v) is 12.2. The lowest BCUT2D eigenvalue weighted by atomic mass is 10.2. The van der Waals surface area contributed by atoms with Gasteiger partial charge in [-0.3, -0.25) is 5.10 Å². The molecule has 19 heavy (non-hydrogen) atoms. The Morgan fingerprint density at radius 3 is 2.95 bits per heavy atom. The Bertz CT molecular complexity index is 759. The van der Waals surface area contributed by atoms with Gasteiger partial charge in [-0.25, -0.2) is 0 Å². The summed E-state index contributed by atoms with van der Waals surface area (Å²) in [6.07, 6.45) is 1.60. The van der Waals surface area contributed by atoms with Crippen LogP contribution in [0.5, 0.6) is 11.6 Å². The van der Waals surface area contributed by atoms with E-state index >= 15 is 0 Å². The van der Waals surface area contributed by atoms with Crippen molar-refractivity contribution in [2.24, 2.45) is 0 Å². The van der Waals surface area contributed by atoms with Crippen LogP contribution in [0.1, 0.15) is 5.56 Å². The molecule has 0 atom stereocenters. The highest BCUT2D eigenvalue weighted by Gasteiger charge is 2.12. The van der Waals surface area contributed by atoms with Crippen LogP contribution in [0.4, 0.5) is 0 Å². The van der Waals surface area contributed by atoms with Gasteiger partial charge in [0.05, 0.1) is 10.7 Å². The molecule has 0 aliphatic heterocycles. The summed E-state index contributed by atoms with van der Waals surface area (Å²) in [5, 5.41) is 7.42. The van der Waals surface area contributed by atoms with Crippen molar-refractivity contribution in [3.8, 4) is 11.6 Å². The van der Waals surface area contributed by atoms with Crippen LogP contribution in [0, 0.1) is 6.92 Å². The van der Waals surface area contributed by atoms with Crippen LogP contribution < -0.4 is 4.74 Å². The topological polar surface area (TPSA) is 63.7 Å². The Morgan fingerprint density at radius 2 is 2.16 bits per heavy atom. The molecule has 7 heteroatoms. The zero-order valence-electron chi connectivity index (χ0n) is 9.82. The Balaban J connectivity index is 2.07. The smallest absolute Gasteiger partial charge is 0.234 e. The molecule has 3 rings (SSSR count). The van der Waals surface area contributed by atoms with Crippen LogP contribution in [0.25, 0.3) is 11.0 Å². The molecular formula is C12H8BrClN4O. The van der Waals surface area contributed by atoms with E-state index in [1.165, 1.54) is 0 Å². The van der Waals surface area contributed by atoms with Gasteiger partial charge in [0, 0.05) is 0 Å². The second-order valence-electron chi connectivity index (χ2n) is 3.97. The van der Waals surface area contributed by atoms with Gasteiger partial charge in [-0.05, 0) is 52.2 Å². The maximum atomic E-state index is 5.85. The summed E-state index contributed by atoms with van der Waals surface area (Å²) >= 11 is 9.30. The molecule has 3 aromatic rings. The monoisotopic (exact) mass is 338 g/mol. The summed E-state index contributed by atoms with van der Waals surface area (Å²) in [6, 6.07) is 5.78. The molecule has 96 valence electrons. The number of benzene rings is 1. The van der Waals surface area contributed by atoms with Crippen molar-refractivity contribution in [1.29, 1.82) is 0 Å². The van der Waals surface area contributed by atoms with E-state index < -0.39 is 0 Å². The van der Waals surface area contributed by atoms with Gasteiger partial charge in [0.15, 0.2) is 5.65 Å². The molecule has 0 unspecified atom stereocenters. The summed E-state index contributed by atoms with van der Waals surface area (Å²) in [6.45, 7) is 2.00. The molecule has 1 N–H and O–H groups in total. The van der Waals surface area contributed by atoms with Crippen molar-refractivity contribution in [3.05, 3.63) is 39.7 Å². The summed E-state index contributed by atoms with van der Waals surface area (Å²) in [5.74, 6) is 1.02. The number of H-pyrrole nitrogens is 1. The van der Waals surface area contributed by atoms with Gasteiger partial charge in [0.2, 0.25) is 11.2 Å². The minimum absolute atomic E-state index is 0.106. The first-order valence-corrected chi connectivity index (χ1v) is 6.61. The van der Waals surface area contributed by atoms with Crippen LogP contribution >= 0.6 is 27.5 Å². The number of fused-ring (bicyclic) bond motifs is 1. The molecular weight excluding hydrogens is 332 g/mol. The normalized spacial score (nSPS) is 10.9. The van der Waals surface area contributed by atoms with E-state index in [9.17, 15) is 0 Å². The second-order valence-corrected chi connectivity index (χ2v) is 5.16. The Morgan fingerprint density at radius 1 is 1.32 bits per heavy atom. The Kier molecular flexibility index (Phi) is 3.12. The third-order valence-electron chi connectivity index (χ3n) is 2.54. The molecule has 1 aromatic carbocycles. The molecule has 0 aliphatic rings. The number of rotatable bonds is 2. The third kappa shape index (κ3) is 2.41. The van der Waals surface area contributed by atoms with E-state index in [1.54, 1.807) is 6.20 Å². The number of aromatic nitrogens is 4. The average molecular weight is 340 g/mol. The number of hydrogen-bond acceptors (Lipinski definition) is 4. The molecule has 0 fully saturated rings. The predicted molar refractivity (Wildman–Crippen MR) is 75.6 cm³/mol. The number of halogens is 2. The quantitative estimate of drug-likeness (QED) is 0.720. The molecule has 2 aromatic heterocycles. The average Bonchev–Trinajstić information content (AvgIpc) is 2.80. The third-order valence-corrected chi connectivity index (χ3v) is 3.33. The van der Waals surface area contributed by atoms with E-state index in [4.69, 9.17) is 16.3 Å². The van der Waals surface area contributed by atoms with Gasteiger partial charge in [-0.2, -0.15) is 15.1 Å². The van der Waals surface area contributed by atoms with Gasteiger partial charge in [-0.15, -0.1) is 0 Å². The molecule has 2 heterocycles. The maximum absolute atomic E-state index is 5.85. The molecule has 5 nitrogen and oxygen atoms in total. The fraction of sp³-hybridized carbons (Fsp3) is 0.0833.